The van der Waals surface area contributed by atoms with Crippen LogP contribution < -0.4 is 5.46 Å². The maximum atomic E-state index is 12.8. The number of para-hydroxylation sites is 2. The van der Waals surface area contributed by atoms with Crippen molar-refractivity contribution in [3.05, 3.63) is 42.5 Å². The molecular weight excluding hydrogens is 228 g/mol. The minimum Gasteiger partial charge on any atom is -0.459 e. The summed E-state index contributed by atoms with van der Waals surface area (Å²) < 4.78 is 43.9. The predicted octanol–water partition coefficient (Wildman–Crippen LogP) is 3.64. The van der Waals surface area contributed by atoms with Crippen LogP contribution in [0.3, 0.4) is 0 Å². The predicted molar refractivity (Wildman–Crippen MR) is 62.4 cm³/mol. The summed E-state index contributed by atoms with van der Waals surface area (Å²) in [5, 5.41) is 1.22. The number of hydrogen-bond donors (Lipinski definition) is 0. The third kappa shape index (κ3) is 1.50. The molecule has 0 N–H and O–H groups in total. The van der Waals surface area contributed by atoms with Gasteiger partial charge in [0.05, 0.1) is 0 Å². The van der Waals surface area contributed by atoms with Crippen LogP contribution in [-0.2, 0) is 0 Å². The van der Waals surface area contributed by atoms with Crippen LogP contribution in [-0.4, -0.2) is 6.98 Å². The van der Waals surface area contributed by atoms with Crippen molar-refractivity contribution in [2.24, 2.45) is 0 Å². The molecule has 0 radical (unpaired) electrons. The van der Waals surface area contributed by atoms with Crippen molar-refractivity contribution in [1.29, 1.82) is 0 Å². The highest BCUT2D eigenvalue weighted by Gasteiger charge is 2.29. The summed E-state index contributed by atoms with van der Waals surface area (Å²) in [6.45, 7) is -5.05. The molecule has 86 valence electrons. The van der Waals surface area contributed by atoms with Gasteiger partial charge in [-0.05, 0) is 6.07 Å². The molecule has 0 fully saturated rings. The lowest BCUT2D eigenvalue weighted by molar-refractivity contribution is 0.500. The molecule has 0 amide bonds. The van der Waals surface area contributed by atoms with Crippen LogP contribution in [0.15, 0.2) is 46.9 Å². The van der Waals surface area contributed by atoms with Crippen molar-refractivity contribution in [2.75, 3.05) is 0 Å². The van der Waals surface area contributed by atoms with E-state index in [1.54, 1.807) is 30.3 Å². The van der Waals surface area contributed by atoms with E-state index in [9.17, 15) is 12.9 Å². The third-order valence-corrected chi connectivity index (χ3v) is 2.79. The lowest BCUT2D eigenvalue weighted by atomic mass is 9.79. The van der Waals surface area contributed by atoms with E-state index >= 15 is 0 Å². The number of rotatable bonds is 1. The summed E-state index contributed by atoms with van der Waals surface area (Å²) >= 11 is 0. The Hall–Kier alpha value is -1.91. The maximum absolute atomic E-state index is 12.8. The zero-order chi connectivity index (χ0) is 12.0. The van der Waals surface area contributed by atoms with Crippen molar-refractivity contribution in [3.63, 3.8) is 0 Å². The SMILES string of the molecule is F[B-](F)(F)c1cccc2c1oc1ccccc12. The Morgan fingerprint density at radius 3 is 2.29 bits per heavy atom. The molecule has 0 saturated carbocycles. The summed E-state index contributed by atoms with van der Waals surface area (Å²) in [5.74, 6) is 0. The molecule has 5 heteroatoms. The number of benzene rings is 2. The standard InChI is InChI=1S/C12H7BF3O/c14-13(15,16)10-6-3-5-9-8-4-1-2-7-11(8)17-12(9)10/h1-7H/q-1. The first-order valence-electron chi connectivity index (χ1n) is 5.17. The zero-order valence-corrected chi connectivity index (χ0v) is 8.66. The molecule has 2 aromatic carbocycles. The van der Waals surface area contributed by atoms with Gasteiger partial charge in [0, 0.05) is 10.8 Å². The van der Waals surface area contributed by atoms with Crippen LogP contribution in [0.2, 0.25) is 0 Å². The minimum absolute atomic E-state index is 0.0683. The van der Waals surface area contributed by atoms with Crippen molar-refractivity contribution < 1.29 is 17.4 Å². The largest absolute Gasteiger partial charge is 0.513 e. The fourth-order valence-electron chi connectivity index (χ4n) is 2.03. The van der Waals surface area contributed by atoms with Crippen molar-refractivity contribution in [3.8, 4) is 0 Å². The second-order valence-electron chi connectivity index (χ2n) is 3.90. The molecule has 0 aliphatic carbocycles. The van der Waals surface area contributed by atoms with Gasteiger partial charge < -0.3 is 17.4 Å². The molecule has 1 heterocycles. The van der Waals surface area contributed by atoms with Gasteiger partial charge in [0.2, 0.25) is 0 Å². The van der Waals surface area contributed by atoms with Gasteiger partial charge in [0.1, 0.15) is 11.2 Å². The van der Waals surface area contributed by atoms with E-state index in [1.165, 1.54) is 6.07 Å². The zero-order valence-electron chi connectivity index (χ0n) is 8.66. The number of furan rings is 1. The Kier molecular flexibility index (Phi) is 1.99. The van der Waals surface area contributed by atoms with E-state index < -0.39 is 12.4 Å². The molecule has 0 saturated heterocycles. The number of fused-ring (bicyclic) bond motifs is 3. The first-order chi connectivity index (χ1) is 8.07. The van der Waals surface area contributed by atoms with Crippen LogP contribution in [0.4, 0.5) is 12.9 Å². The highest BCUT2D eigenvalue weighted by atomic mass is 19.4. The van der Waals surface area contributed by atoms with Gasteiger partial charge in [-0.15, -0.1) is 0 Å². The Morgan fingerprint density at radius 2 is 1.53 bits per heavy atom. The lowest BCUT2D eigenvalue weighted by Crippen LogP contribution is -2.34. The molecule has 0 unspecified atom stereocenters. The highest BCUT2D eigenvalue weighted by molar-refractivity contribution is 6.75. The quantitative estimate of drug-likeness (QED) is 0.587. The summed E-state index contributed by atoms with van der Waals surface area (Å²) in [6.07, 6.45) is 0. The van der Waals surface area contributed by atoms with Crippen LogP contribution in [0.1, 0.15) is 0 Å². The maximum Gasteiger partial charge on any atom is 0.513 e. The number of hydrogen-bond acceptors (Lipinski definition) is 1. The van der Waals surface area contributed by atoms with E-state index in [4.69, 9.17) is 4.42 Å². The fourth-order valence-corrected chi connectivity index (χ4v) is 2.03. The van der Waals surface area contributed by atoms with Crippen LogP contribution >= 0.6 is 0 Å². The summed E-state index contributed by atoms with van der Waals surface area (Å²) in [4.78, 5) is 0. The molecule has 3 aromatic rings. The first-order valence-corrected chi connectivity index (χ1v) is 5.17. The van der Waals surface area contributed by atoms with E-state index in [-0.39, 0.29) is 5.58 Å². The van der Waals surface area contributed by atoms with Crippen molar-refractivity contribution >= 4 is 34.4 Å². The molecule has 1 aromatic heterocycles. The van der Waals surface area contributed by atoms with E-state index in [0.29, 0.717) is 16.4 Å². The monoisotopic (exact) mass is 235 g/mol. The van der Waals surface area contributed by atoms with E-state index in [1.807, 2.05) is 0 Å². The van der Waals surface area contributed by atoms with E-state index in [2.05, 4.69) is 0 Å². The topological polar surface area (TPSA) is 13.1 Å². The molecule has 0 bridgehead atoms. The Labute approximate surface area is 94.9 Å². The molecular formula is C12H7BF3O-. The van der Waals surface area contributed by atoms with Crippen molar-refractivity contribution in [1.82, 2.24) is 0 Å². The van der Waals surface area contributed by atoms with Crippen molar-refractivity contribution in [2.45, 2.75) is 0 Å². The van der Waals surface area contributed by atoms with Gasteiger partial charge in [0.25, 0.3) is 0 Å². The van der Waals surface area contributed by atoms with Crippen LogP contribution in [0.5, 0.6) is 0 Å². The second kappa shape index (κ2) is 3.29. The summed E-state index contributed by atoms with van der Waals surface area (Å²) in [7, 11) is 0. The van der Waals surface area contributed by atoms with Gasteiger partial charge in [-0.25, -0.2) is 0 Å². The van der Waals surface area contributed by atoms with Gasteiger partial charge in [0.15, 0.2) is 0 Å². The smallest absolute Gasteiger partial charge is 0.459 e. The molecule has 0 atom stereocenters. The fraction of sp³-hybridized carbons (Fsp3) is 0. The average molecular weight is 235 g/mol. The van der Waals surface area contributed by atoms with E-state index in [0.717, 1.165) is 6.07 Å². The first kappa shape index (κ1) is 10.3. The Bertz CT molecular complexity index is 700. The molecule has 0 aliphatic rings. The Balaban J connectivity index is 2.48. The molecule has 3 rings (SSSR count). The normalized spacial score (nSPS) is 12.4. The van der Waals surface area contributed by atoms with Gasteiger partial charge in [-0.2, -0.15) is 0 Å². The molecule has 0 spiro atoms. The van der Waals surface area contributed by atoms with Crippen LogP contribution in [0, 0.1) is 0 Å². The van der Waals surface area contributed by atoms with Gasteiger partial charge in [-0.3, -0.25) is 0 Å². The highest BCUT2D eigenvalue weighted by Crippen LogP contribution is 2.29. The third-order valence-electron chi connectivity index (χ3n) is 2.79. The molecule has 17 heavy (non-hydrogen) atoms. The summed E-state index contributed by atoms with van der Waals surface area (Å²) in [6, 6.07) is 11.1. The lowest BCUT2D eigenvalue weighted by Gasteiger charge is -2.14. The molecule has 1 nitrogen and oxygen atoms in total. The number of halogens is 3. The second-order valence-corrected chi connectivity index (χ2v) is 3.90. The Morgan fingerprint density at radius 1 is 0.824 bits per heavy atom. The van der Waals surface area contributed by atoms with Gasteiger partial charge in [-0.1, -0.05) is 41.9 Å². The van der Waals surface area contributed by atoms with Gasteiger partial charge >= 0.3 is 6.98 Å². The molecule has 0 aliphatic heterocycles. The summed E-state index contributed by atoms with van der Waals surface area (Å²) in [5.41, 5.74) is -0.255. The van der Waals surface area contributed by atoms with Crippen LogP contribution in [0.25, 0.3) is 21.9 Å². The minimum atomic E-state index is -5.05. The average Bonchev–Trinajstić information content (AvgIpc) is 2.65.